The molecule has 4 rings (SSSR count). The second kappa shape index (κ2) is 10.4. The molecular formula is C27H25F2N3O3. The number of halogens is 2. The second-order valence-corrected chi connectivity index (χ2v) is 7.94. The minimum absolute atomic E-state index is 0.125. The lowest BCUT2D eigenvalue weighted by Crippen LogP contribution is -2.16. The number of pyridine rings is 2. The number of aryl methyl sites for hydroxylation is 2. The molecule has 6 nitrogen and oxygen atoms in total. The normalized spacial score (nSPS) is 10.8. The predicted octanol–water partition coefficient (Wildman–Crippen LogP) is 5.84. The molecule has 0 saturated heterocycles. The van der Waals surface area contributed by atoms with Gasteiger partial charge in [0.15, 0.2) is 11.6 Å². The molecule has 0 aliphatic carbocycles. The highest BCUT2D eigenvalue weighted by Gasteiger charge is 2.17. The zero-order valence-electron chi connectivity index (χ0n) is 19.6. The maximum atomic E-state index is 14.4. The van der Waals surface area contributed by atoms with Crippen LogP contribution < -0.4 is 20.3 Å². The van der Waals surface area contributed by atoms with Crippen LogP contribution in [0.25, 0.3) is 11.1 Å². The summed E-state index contributed by atoms with van der Waals surface area (Å²) in [5.74, 6) is -0.960. The fourth-order valence-electron chi connectivity index (χ4n) is 3.59. The van der Waals surface area contributed by atoms with Crippen LogP contribution >= 0.6 is 0 Å². The van der Waals surface area contributed by atoms with Gasteiger partial charge in [0.05, 0.1) is 18.8 Å². The zero-order valence-corrected chi connectivity index (χ0v) is 19.6. The average molecular weight is 478 g/mol. The Morgan fingerprint density at radius 2 is 1.80 bits per heavy atom. The quantitative estimate of drug-likeness (QED) is 0.346. The highest BCUT2D eigenvalue weighted by Crippen LogP contribution is 2.40. The summed E-state index contributed by atoms with van der Waals surface area (Å²) in [7, 11) is 1.63. The van der Waals surface area contributed by atoms with E-state index in [4.69, 9.17) is 9.47 Å². The first-order chi connectivity index (χ1) is 16.9. The van der Waals surface area contributed by atoms with E-state index in [1.807, 2.05) is 32.0 Å². The van der Waals surface area contributed by atoms with Crippen molar-refractivity contribution in [2.75, 3.05) is 11.9 Å². The Balaban J connectivity index is 1.79. The van der Waals surface area contributed by atoms with Gasteiger partial charge in [0.1, 0.15) is 17.3 Å². The molecule has 0 amide bonds. The molecule has 2 aromatic carbocycles. The van der Waals surface area contributed by atoms with Crippen LogP contribution in [0.3, 0.4) is 0 Å². The molecule has 0 spiro atoms. The monoisotopic (exact) mass is 477 g/mol. The van der Waals surface area contributed by atoms with E-state index in [0.717, 1.165) is 29.1 Å². The Morgan fingerprint density at radius 1 is 1.00 bits per heavy atom. The Hall–Kier alpha value is -4.20. The van der Waals surface area contributed by atoms with Crippen LogP contribution in [0.1, 0.15) is 18.2 Å². The van der Waals surface area contributed by atoms with Crippen LogP contribution in [-0.4, -0.2) is 16.2 Å². The lowest BCUT2D eigenvalue weighted by Gasteiger charge is -2.18. The van der Waals surface area contributed by atoms with E-state index >= 15 is 0 Å². The van der Waals surface area contributed by atoms with Crippen LogP contribution in [0.5, 0.6) is 17.2 Å². The van der Waals surface area contributed by atoms with Gasteiger partial charge in [-0.15, -0.1) is 0 Å². The molecule has 0 radical (unpaired) electrons. The molecule has 0 aliphatic heterocycles. The van der Waals surface area contributed by atoms with E-state index in [-0.39, 0.29) is 11.3 Å². The van der Waals surface area contributed by atoms with Crippen molar-refractivity contribution >= 4 is 5.69 Å². The number of nitrogens with zero attached hydrogens (tertiary/aromatic N) is 2. The van der Waals surface area contributed by atoms with E-state index in [2.05, 4.69) is 10.3 Å². The van der Waals surface area contributed by atoms with E-state index < -0.39 is 11.6 Å². The van der Waals surface area contributed by atoms with Crippen LogP contribution in [0.15, 0.2) is 71.8 Å². The number of nitrogens with one attached hydrogen (secondary N) is 1. The molecule has 35 heavy (non-hydrogen) atoms. The molecule has 0 aliphatic rings. The van der Waals surface area contributed by atoms with Crippen molar-refractivity contribution in [2.45, 2.75) is 20.4 Å². The molecule has 0 fully saturated rings. The first-order valence-corrected chi connectivity index (χ1v) is 11.1. The van der Waals surface area contributed by atoms with Gasteiger partial charge in [-0.25, -0.2) is 8.78 Å². The Labute approximate surface area is 201 Å². The number of ether oxygens (including phenoxy) is 2. The van der Waals surface area contributed by atoms with Gasteiger partial charge in [-0.2, -0.15) is 0 Å². The molecule has 1 N–H and O–H groups in total. The minimum atomic E-state index is -0.825. The van der Waals surface area contributed by atoms with Crippen molar-refractivity contribution in [3.05, 3.63) is 100 Å². The van der Waals surface area contributed by atoms with Gasteiger partial charge >= 0.3 is 0 Å². The molecule has 180 valence electrons. The largest absolute Gasteiger partial charge is 0.493 e. The topological polar surface area (TPSA) is 65.4 Å². The van der Waals surface area contributed by atoms with E-state index in [1.54, 1.807) is 31.6 Å². The summed E-state index contributed by atoms with van der Waals surface area (Å²) in [6.07, 6.45) is 3.38. The summed E-state index contributed by atoms with van der Waals surface area (Å²) in [5, 5.41) is 3.35. The number of aromatic nitrogens is 2. The fraction of sp³-hybridized carbons (Fsp3) is 0.185. The van der Waals surface area contributed by atoms with Crippen molar-refractivity contribution in [1.82, 2.24) is 9.55 Å². The van der Waals surface area contributed by atoms with Gasteiger partial charge in [0.25, 0.3) is 5.56 Å². The Bertz CT molecular complexity index is 1420. The van der Waals surface area contributed by atoms with Crippen molar-refractivity contribution in [3.8, 4) is 28.4 Å². The molecule has 4 aromatic rings. The van der Waals surface area contributed by atoms with Gasteiger partial charge in [0, 0.05) is 48.4 Å². The fourth-order valence-corrected chi connectivity index (χ4v) is 3.59. The third kappa shape index (κ3) is 5.48. The van der Waals surface area contributed by atoms with E-state index in [9.17, 15) is 13.6 Å². The van der Waals surface area contributed by atoms with Gasteiger partial charge in [-0.1, -0.05) is 6.07 Å². The summed E-state index contributed by atoms with van der Waals surface area (Å²) >= 11 is 0. The number of hydrogen-bond donors (Lipinski definition) is 1. The number of rotatable bonds is 8. The van der Waals surface area contributed by atoms with Crippen molar-refractivity contribution < 1.29 is 18.3 Å². The first-order valence-electron chi connectivity index (χ1n) is 11.1. The van der Waals surface area contributed by atoms with Crippen LogP contribution in [0, 0.1) is 18.6 Å². The lowest BCUT2D eigenvalue weighted by atomic mass is 10.0. The van der Waals surface area contributed by atoms with Crippen LogP contribution in [0.2, 0.25) is 0 Å². The predicted molar refractivity (Wildman–Crippen MR) is 131 cm³/mol. The first kappa shape index (κ1) is 23.9. The maximum Gasteiger partial charge on any atom is 0.254 e. The summed E-state index contributed by atoms with van der Waals surface area (Å²) in [4.78, 5) is 16.7. The Kier molecular flexibility index (Phi) is 7.10. The number of benzene rings is 2. The Morgan fingerprint density at radius 3 is 2.54 bits per heavy atom. The summed E-state index contributed by atoms with van der Waals surface area (Å²) in [6.45, 7) is 4.65. The van der Waals surface area contributed by atoms with Gasteiger partial charge < -0.3 is 19.4 Å². The van der Waals surface area contributed by atoms with Crippen LogP contribution in [0.4, 0.5) is 14.5 Å². The standard InChI is InChI=1S/C27H25F2N3O3/c1-4-34-26-14-27(33)32(3)16-21(26)20-13-19(31-15-23-17(2)6-5-11-30-23)8-10-24(20)35-25-9-7-18(28)12-22(25)29/h5-14,16,31H,4,15H2,1-3H3. The second-order valence-electron chi connectivity index (χ2n) is 7.94. The van der Waals surface area contributed by atoms with Gasteiger partial charge in [-0.05, 0) is 55.8 Å². The summed E-state index contributed by atoms with van der Waals surface area (Å²) in [6, 6.07) is 13.7. The smallest absolute Gasteiger partial charge is 0.254 e. The molecule has 0 saturated carbocycles. The molecular weight excluding hydrogens is 452 g/mol. The third-order valence-corrected chi connectivity index (χ3v) is 5.45. The minimum Gasteiger partial charge on any atom is -0.493 e. The van der Waals surface area contributed by atoms with Crippen LogP contribution in [-0.2, 0) is 13.6 Å². The molecule has 2 aromatic heterocycles. The molecule has 0 unspecified atom stereocenters. The maximum absolute atomic E-state index is 14.4. The van der Waals surface area contributed by atoms with Crippen molar-refractivity contribution in [2.24, 2.45) is 7.05 Å². The van der Waals surface area contributed by atoms with E-state index in [1.165, 1.54) is 16.7 Å². The van der Waals surface area contributed by atoms with Crippen molar-refractivity contribution in [3.63, 3.8) is 0 Å². The zero-order chi connectivity index (χ0) is 24.9. The average Bonchev–Trinajstić information content (AvgIpc) is 2.83. The number of hydrogen-bond acceptors (Lipinski definition) is 5. The molecule has 0 bridgehead atoms. The highest BCUT2D eigenvalue weighted by molar-refractivity contribution is 5.78. The molecule has 0 atom stereocenters. The SMILES string of the molecule is CCOc1cc(=O)n(C)cc1-c1cc(NCc2ncccc2C)ccc1Oc1ccc(F)cc1F. The number of anilines is 1. The molecule has 8 heteroatoms. The molecule has 2 heterocycles. The highest BCUT2D eigenvalue weighted by atomic mass is 19.1. The summed E-state index contributed by atoms with van der Waals surface area (Å²) < 4.78 is 40.8. The van der Waals surface area contributed by atoms with Crippen molar-refractivity contribution in [1.29, 1.82) is 0 Å². The van der Waals surface area contributed by atoms with Gasteiger partial charge in [-0.3, -0.25) is 9.78 Å². The third-order valence-electron chi connectivity index (χ3n) is 5.45. The lowest BCUT2D eigenvalue weighted by molar-refractivity contribution is 0.340. The van der Waals surface area contributed by atoms with E-state index in [0.29, 0.717) is 35.8 Å². The summed E-state index contributed by atoms with van der Waals surface area (Å²) in [5.41, 5.74) is 3.64. The van der Waals surface area contributed by atoms with Gasteiger partial charge in [0.2, 0.25) is 0 Å².